The Morgan fingerprint density at radius 2 is 1.67 bits per heavy atom. The molecule has 4 aromatic rings. The highest BCUT2D eigenvalue weighted by Gasteiger charge is 2.34. The molecule has 0 aliphatic carbocycles. The van der Waals surface area contributed by atoms with Crippen LogP contribution in [0.3, 0.4) is 0 Å². The zero-order chi connectivity index (χ0) is 25.7. The van der Waals surface area contributed by atoms with Crippen LogP contribution < -0.4 is 10.2 Å². The first-order chi connectivity index (χ1) is 17.2. The molecule has 4 rings (SSSR count). The van der Waals surface area contributed by atoms with Gasteiger partial charge in [0.25, 0.3) is 5.91 Å². The van der Waals surface area contributed by atoms with Crippen LogP contribution in [0.1, 0.15) is 32.4 Å². The van der Waals surface area contributed by atoms with E-state index in [1.807, 2.05) is 26.8 Å². The van der Waals surface area contributed by atoms with Gasteiger partial charge in [-0.05, 0) is 80.1 Å². The van der Waals surface area contributed by atoms with E-state index in [4.69, 9.17) is 0 Å². The molecule has 1 atom stereocenters. The predicted molar refractivity (Wildman–Crippen MR) is 132 cm³/mol. The van der Waals surface area contributed by atoms with Crippen molar-refractivity contribution >= 4 is 17.5 Å². The quantitative estimate of drug-likeness (QED) is 0.427. The molecule has 36 heavy (non-hydrogen) atoms. The van der Waals surface area contributed by atoms with Crippen molar-refractivity contribution < 1.29 is 14.0 Å². The molecule has 2 aromatic carbocycles. The third kappa shape index (κ3) is 5.96. The van der Waals surface area contributed by atoms with Crippen LogP contribution in [0.4, 0.5) is 10.1 Å². The zero-order valence-corrected chi connectivity index (χ0v) is 20.2. The number of anilines is 1. The number of amides is 2. The number of nitrogens with zero attached hydrogens (tertiary/aromatic N) is 6. The summed E-state index contributed by atoms with van der Waals surface area (Å²) in [6.45, 7) is 5.35. The second kappa shape index (κ2) is 10.4. The van der Waals surface area contributed by atoms with E-state index in [9.17, 15) is 14.0 Å². The van der Waals surface area contributed by atoms with Crippen LogP contribution in [0.5, 0.6) is 0 Å². The number of carbonyl (C=O) groups excluding carboxylic acids is 2. The lowest BCUT2D eigenvalue weighted by molar-refractivity contribution is -0.128. The second-order valence-electron chi connectivity index (χ2n) is 9.17. The number of pyridine rings is 1. The maximum atomic E-state index is 13.7. The number of carbonyl (C=O) groups is 2. The number of tetrazole rings is 1. The van der Waals surface area contributed by atoms with Crippen molar-refractivity contribution in [3.8, 4) is 11.4 Å². The van der Waals surface area contributed by atoms with Crippen molar-refractivity contribution in [3.05, 3.63) is 90.5 Å². The van der Waals surface area contributed by atoms with Crippen LogP contribution >= 0.6 is 0 Å². The molecule has 1 N–H and O–H groups in total. The number of para-hydroxylation sites is 1. The van der Waals surface area contributed by atoms with Crippen molar-refractivity contribution in [2.45, 2.75) is 38.9 Å². The minimum Gasteiger partial charge on any atom is -0.349 e. The lowest BCUT2D eigenvalue weighted by Gasteiger charge is -2.33. The molecule has 0 fully saturated rings. The smallest absolute Gasteiger partial charge is 0.251 e. The average molecular weight is 488 g/mol. The standard InChI is InChI=1S/C26H26FN7O2/c1-26(2,3)29-25(36)23(18-13-15-28-16-14-18)34(21-7-5-4-6-8-21)22(35)17-33-31-24(30-32-33)19-9-11-20(27)12-10-19/h4-16,23H,17H2,1-3H3,(H,29,36)/t23-/m0/s1. The van der Waals surface area contributed by atoms with Gasteiger partial charge in [-0.3, -0.25) is 19.5 Å². The Balaban J connectivity index is 1.70. The number of hydrogen-bond acceptors (Lipinski definition) is 6. The molecule has 2 aromatic heterocycles. The molecule has 2 heterocycles. The average Bonchev–Trinajstić information content (AvgIpc) is 3.31. The van der Waals surface area contributed by atoms with Gasteiger partial charge in [-0.25, -0.2) is 4.39 Å². The first-order valence-electron chi connectivity index (χ1n) is 11.3. The summed E-state index contributed by atoms with van der Waals surface area (Å²) in [5.74, 6) is -0.889. The highest BCUT2D eigenvalue weighted by Crippen LogP contribution is 2.28. The van der Waals surface area contributed by atoms with E-state index < -0.39 is 17.5 Å². The molecule has 0 bridgehead atoms. The first-order valence-corrected chi connectivity index (χ1v) is 11.3. The van der Waals surface area contributed by atoms with Crippen molar-refractivity contribution in [1.82, 2.24) is 30.5 Å². The summed E-state index contributed by atoms with van der Waals surface area (Å²) in [5.41, 5.74) is 1.18. The van der Waals surface area contributed by atoms with E-state index in [-0.39, 0.29) is 24.1 Å². The summed E-state index contributed by atoms with van der Waals surface area (Å²) in [7, 11) is 0. The maximum Gasteiger partial charge on any atom is 0.251 e. The molecule has 0 aliphatic heterocycles. The summed E-state index contributed by atoms with van der Waals surface area (Å²) >= 11 is 0. The predicted octanol–water partition coefficient (Wildman–Crippen LogP) is 3.56. The van der Waals surface area contributed by atoms with E-state index in [0.29, 0.717) is 16.8 Å². The van der Waals surface area contributed by atoms with Gasteiger partial charge < -0.3 is 5.32 Å². The highest BCUT2D eigenvalue weighted by molar-refractivity contribution is 6.01. The van der Waals surface area contributed by atoms with Crippen LogP contribution in [0, 0.1) is 5.82 Å². The van der Waals surface area contributed by atoms with E-state index in [0.717, 1.165) is 4.80 Å². The normalized spacial score (nSPS) is 12.1. The fourth-order valence-corrected chi connectivity index (χ4v) is 3.65. The molecule has 184 valence electrons. The number of nitrogens with one attached hydrogen (secondary N) is 1. The molecule has 0 saturated heterocycles. The van der Waals surface area contributed by atoms with Crippen molar-refractivity contribution in [1.29, 1.82) is 0 Å². The summed E-state index contributed by atoms with van der Waals surface area (Å²) in [5, 5.41) is 15.2. The zero-order valence-electron chi connectivity index (χ0n) is 20.2. The fourth-order valence-electron chi connectivity index (χ4n) is 3.65. The summed E-state index contributed by atoms with van der Waals surface area (Å²) in [6.07, 6.45) is 3.16. The van der Waals surface area contributed by atoms with E-state index in [1.54, 1.807) is 48.8 Å². The van der Waals surface area contributed by atoms with Crippen LogP contribution in [-0.4, -0.2) is 42.5 Å². The van der Waals surface area contributed by atoms with Gasteiger partial charge in [-0.15, -0.1) is 10.2 Å². The summed E-state index contributed by atoms with van der Waals surface area (Å²) in [4.78, 5) is 33.9. The van der Waals surface area contributed by atoms with Crippen LogP contribution in [-0.2, 0) is 16.1 Å². The van der Waals surface area contributed by atoms with Gasteiger partial charge in [-0.2, -0.15) is 4.80 Å². The molecule has 2 amide bonds. The Bertz CT molecular complexity index is 1320. The molecule has 0 radical (unpaired) electrons. The Hall–Kier alpha value is -4.47. The molecular formula is C26H26FN7O2. The molecule has 9 nitrogen and oxygen atoms in total. The Morgan fingerprint density at radius 3 is 2.31 bits per heavy atom. The minimum absolute atomic E-state index is 0.255. The first kappa shape index (κ1) is 24.6. The van der Waals surface area contributed by atoms with Gasteiger partial charge in [-0.1, -0.05) is 18.2 Å². The van der Waals surface area contributed by atoms with E-state index in [1.165, 1.54) is 29.2 Å². The van der Waals surface area contributed by atoms with E-state index >= 15 is 0 Å². The number of halogens is 1. The fraction of sp³-hybridized carbons (Fsp3) is 0.231. The van der Waals surface area contributed by atoms with E-state index in [2.05, 4.69) is 25.7 Å². The maximum absolute atomic E-state index is 13.7. The van der Waals surface area contributed by atoms with Crippen molar-refractivity contribution in [2.75, 3.05) is 4.90 Å². The van der Waals surface area contributed by atoms with Crippen molar-refractivity contribution in [3.63, 3.8) is 0 Å². The van der Waals surface area contributed by atoms with Gasteiger partial charge in [0.1, 0.15) is 18.4 Å². The van der Waals surface area contributed by atoms with Crippen LogP contribution in [0.25, 0.3) is 11.4 Å². The molecule has 0 saturated carbocycles. The number of aromatic nitrogens is 5. The monoisotopic (exact) mass is 487 g/mol. The molecule has 10 heteroatoms. The largest absolute Gasteiger partial charge is 0.349 e. The topological polar surface area (TPSA) is 106 Å². The Morgan fingerprint density at radius 1 is 1.00 bits per heavy atom. The number of rotatable bonds is 7. The van der Waals surface area contributed by atoms with Gasteiger partial charge in [0.2, 0.25) is 11.7 Å². The lowest BCUT2D eigenvalue weighted by Crippen LogP contribution is -2.50. The molecule has 0 spiro atoms. The molecule has 0 unspecified atom stereocenters. The van der Waals surface area contributed by atoms with Gasteiger partial charge in [0, 0.05) is 29.2 Å². The minimum atomic E-state index is -0.970. The molecular weight excluding hydrogens is 461 g/mol. The van der Waals surface area contributed by atoms with Gasteiger partial charge in [0.15, 0.2) is 0 Å². The third-order valence-corrected chi connectivity index (χ3v) is 5.16. The highest BCUT2D eigenvalue weighted by atomic mass is 19.1. The van der Waals surface area contributed by atoms with Crippen molar-refractivity contribution in [2.24, 2.45) is 0 Å². The molecule has 0 aliphatic rings. The number of benzene rings is 2. The Labute approximate surface area is 208 Å². The van der Waals surface area contributed by atoms with Crippen LogP contribution in [0.15, 0.2) is 79.1 Å². The van der Waals surface area contributed by atoms with Gasteiger partial charge in [0.05, 0.1) is 0 Å². The summed E-state index contributed by atoms with van der Waals surface area (Å²) in [6, 6.07) is 17.0. The SMILES string of the molecule is CC(C)(C)NC(=O)[C@H](c1ccncc1)N(C(=O)Cn1nnc(-c2ccc(F)cc2)n1)c1ccccc1. The lowest BCUT2D eigenvalue weighted by atomic mass is 10.0. The van der Waals surface area contributed by atoms with Crippen LogP contribution in [0.2, 0.25) is 0 Å². The number of hydrogen-bond donors (Lipinski definition) is 1. The van der Waals surface area contributed by atoms with Gasteiger partial charge >= 0.3 is 0 Å². The third-order valence-electron chi connectivity index (χ3n) is 5.16. The summed E-state index contributed by atoms with van der Waals surface area (Å²) < 4.78 is 13.3. The second-order valence-corrected chi connectivity index (χ2v) is 9.17. The Kier molecular flexibility index (Phi) is 7.14.